The summed E-state index contributed by atoms with van der Waals surface area (Å²) < 4.78 is 74.1. The summed E-state index contributed by atoms with van der Waals surface area (Å²) in [5.74, 6) is -5.66. The molecule has 0 radical (unpaired) electrons. The third-order valence-corrected chi connectivity index (χ3v) is 8.99. The van der Waals surface area contributed by atoms with E-state index in [4.69, 9.17) is 45.4 Å². The molecule has 2 fully saturated rings. The number of piperazine rings is 2. The highest BCUT2D eigenvalue weighted by Gasteiger charge is 2.58. The molecule has 0 spiro atoms. The summed E-state index contributed by atoms with van der Waals surface area (Å²) in [5, 5.41) is 41.8. The number of rotatable bonds is 5. The highest BCUT2D eigenvalue weighted by molar-refractivity contribution is 6.02. The van der Waals surface area contributed by atoms with E-state index in [9.17, 15) is 45.8 Å². The van der Waals surface area contributed by atoms with Crippen molar-refractivity contribution in [1.29, 1.82) is 5.41 Å². The van der Waals surface area contributed by atoms with Crippen molar-refractivity contribution in [2.24, 2.45) is 16.1 Å². The molecule has 1 unspecified atom stereocenters. The first kappa shape index (κ1) is 56.3. The minimum Gasteiger partial charge on any atom is -0.475 e. The standard InChI is InChI=1S/C35H54N12O6.2C2HF3O2/c1-32(2,3)35(47(27(36)37)26-13-11-23(21-40-26)44-16-14-38-15-17-44)22-45(18-19-46(35)31(50)51)24-10-12-25(39-20-24)41-28(42-29(48)52-33(4,5)6)43-30(49)53-34(7,8)9;2*3-2(4,5)1(6)7/h10-13,20-21,38H,14-19,22H2,1-9H3,(H3,36,37)(H,50,51)(H2,39,41,42,43,48,49);2*(H,6,7). The predicted octanol–water partition coefficient (Wildman–Crippen LogP) is 5.13. The van der Waals surface area contributed by atoms with Crippen LogP contribution in [0.3, 0.4) is 0 Å². The molecule has 2 aliphatic heterocycles. The van der Waals surface area contributed by atoms with Crippen LogP contribution in [-0.2, 0) is 19.1 Å². The minimum absolute atomic E-state index is 0.0823. The number of carboxylic acids is 2. The minimum atomic E-state index is -5.08. The van der Waals surface area contributed by atoms with Crippen LogP contribution in [0.1, 0.15) is 62.3 Å². The Hall–Kier alpha value is -6.87. The highest BCUT2D eigenvalue weighted by atomic mass is 19.4. The number of nitrogens with one attached hydrogen (secondary N) is 4. The Morgan fingerprint density at radius 3 is 1.55 bits per heavy atom. The number of pyridine rings is 2. The van der Waals surface area contributed by atoms with E-state index in [1.165, 1.54) is 9.80 Å². The summed E-state index contributed by atoms with van der Waals surface area (Å²) in [6.45, 7) is 19.8. The van der Waals surface area contributed by atoms with Crippen molar-refractivity contribution >= 4 is 65.1 Å². The van der Waals surface area contributed by atoms with Gasteiger partial charge in [0.2, 0.25) is 5.96 Å². The Morgan fingerprint density at radius 1 is 0.746 bits per heavy atom. The molecular weight excluding hydrogens is 910 g/mol. The number of anilines is 3. The predicted molar refractivity (Wildman–Crippen MR) is 230 cm³/mol. The molecule has 2 aliphatic rings. The Balaban J connectivity index is 0.000000952. The zero-order valence-electron chi connectivity index (χ0n) is 38.1. The summed E-state index contributed by atoms with van der Waals surface area (Å²) in [5.41, 5.74) is 4.05. The molecule has 2 aromatic rings. The van der Waals surface area contributed by atoms with Gasteiger partial charge in [0.25, 0.3) is 0 Å². The number of alkyl carbamates (subject to hydrolysis) is 2. The zero-order chi connectivity index (χ0) is 51.5. The van der Waals surface area contributed by atoms with E-state index >= 15 is 0 Å². The number of carbonyl (C=O) groups excluding carboxylic acids is 2. The van der Waals surface area contributed by atoms with Crippen LogP contribution >= 0.6 is 0 Å². The maximum atomic E-state index is 13.0. The van der Waals surface area contributed by atoms with Gasteiger partial charge in [-0.25, -0.2) is 33.9 Å². The fraction of sp³-hybridized carbons (Fsp3) is 0.564. The van der Waals surface area contributed by atoms with Crippen molar-refractivity contribution in [3.05, 3.63) is 36.7 Å². The van der Waals surface area contributed by atoms with Gasteiger partial charge in [0.15, 0.2) is 11.8 Å². The second-order valence-corrected chi connectivity index (χ2v) is 17.4. The SMILES string of the molecule is CC(C)(C)OC(=O)NC(=Nc1ccc(N2CCN(C(=O)O)C(N(C(=N)N)c3ccc(N4CCNCC4)cn3)(C(C)(C)C)C2)cn1)NC(=O)OC(C)(C)C.O=C(O)C(F)(F)F.O=C(O)C(F)(F)F. The van der Waals surface area contributed by atoms with Gasteiger partial charge in [-0.1, -0.05) is 20.8 Å². The lowest BCUT2D eigenvalue weighted by Crippen LogP contribution is -2.78. The van der Waals surface area contributed by atoms with Crippen LogP contribution in [0.25, 0.3) is 0 Å². The summed E-state index contributed by atoms with van der Waals surface area (Å²) in [7, 11) is 0. The quantitative estimate of drug-likeness (QED) is 0.109. The maximum Gasteiger partial charge on any atom is 0.490 e. The number of carbonyl (C=O) groups is 5. The number of aliphatic carboxylic acids is 2. The average molecular weight is 967 g/mol. The number of nitrogens with two attached hydrogens (primary N) is 1. The number of hydrogen-bond acceptors (Lipinski definition) is 14. The van der Waals surface area contributed by atoms with E-state index in [1.807, 2.05) is 31.7 Å². The Kier molecular flexibility index (Phi) is 18.5. The van der Waals surface area contributed by atoms with E-state index < -0.39 is 64.9 Å². The fourth-order valence-electron chi connectivity index (χ4n) is 6.25. The average Bonchev–Trinajstić information content (AvgIpc) is 3.16. The van der Waals surface area contributed by atoms with Crippen molar-refractivity contribution in [1.82, 2.24) is 30.8 Å². The number of hydrogen-bond donors (Lipinski definition) is 8. The first-order valence-electron chi connectivity index (χ1n) is 19.9. The van der Waals surface area contributed by atoms with Crippen molar-refractivity contribution in [2.75, 3.05) is 60.5 Å². The molecule has 9 N–H and O–H groups in total. The highest BCUT2D eigenvalue weighted by Crippen LogP contribution is 2.44. The van der Waals surface area contributed by atoms with Crippen LogP contribution in [0.4, 0.5) is 63.7 Å². The van der Waals surface area contributed by atoms with E-state index in [1.54, 1.807) is 72.1 Å². The van der Waals surface area contributed by atoms with Crippen LogP contribution in [0.2, 0.25) is 0 Å². The van der Waals surface area contributed by atoms with Gasteiger partial charge in [-0.2, -0.15) is 31.3 Å². The summed E-state index contributed by atoms with van der Waals surface area (Å²) in [4.78, 5) is 76.4. The Labute approximate surface area is 381 Å². The molecule has 3 amide bonds. The van der Waals surface area contributed by atoms with Crippen LogP contribution in [0, 0.1) is 10.8 Å². The van der Waals surface area contributed by atoms with Crippen LogP contribution < -0.4 is 36.4 Å². The second-order valence-electron chi connectivity index (χ2n) is 17.4. The molecule has 1 atom stereocenters. The molecule has 0 aromatic carbocycles. The molecular formula is C39H56F6N12O10. The Bertz CT molecular complexity index is 2030. The Morgan fingerprint density at radius 2 is 1.19 bits per heavy atom. The van der Waals surface area contributed by atoms with Gasteiger partial charge in [-0.15, -0.1) is 0 Å². The number of aromatic nitrogens is 2. The van der Waals surface area contributed by atoms with E-state index in [-0.39, 0.29) is 30.8 Å². The normalized spacial score (nSPS) is 16.7. The van der Waals surface area contributed by atoms with Gasteiger partial charge < -0.3 is 45.6 Å². The largest absolute Gasteiger partial charge is 0.490 e. The number of halogens is 6. The number of amides is 3. The monoisotopic (exact) mass is 966 g/mol. The topological polar surface area (TPSA) is 302 Å². The van der Waals surface area contributed by atoms with Gasteiger partial charge >= 0.3 is 42.6 Å². The molecule has 2 saturated heterocycles. The van der Waals surface area contributed by atoms with Gasteiger partial charge in [-0.05, 0) is 65.8 Å². The molecule has 67 heavy (non-hydrogen) atoms. The molecule has 2 aromatic heterocycles. The lowest BCUT2D eigenvalue weighted by atomic mass is 9.76. The number of carboxylic acid groups (broad SMARTS) is 3. The second kappa shape index (κ2) is 22.1. The summed E-state index contributed by atoms with van der Waals surface area (Å²) in [6.07, 6.45) is -9.73. The number of aliphatic imine (C=N–C) groups is 1. The van der Waals surface area contributed by atoms with Crippen LogP contribution in [-0.4, -0.2) is 147 Å². The fourth-order valence-corrected chi connectivity index (χ4v) is 6.25. The maximum absolute atomic E-state index is 13.0. The van der Waals surface area contributed by atoms with Crippen LogP contribution in [0.5, 0.6) is 0 Å². The van der Waals surface area contributed by atoms with Crippen molar-refractivity contribution in [2.45, 2.75) is 91.5 Å². The van der Waals surface area contributed by atoms with Crippen molar-refractivity contribution in [3.8, 4) is 0 Å². The summed E-state index contributed by atoms with van der Waals surface area (Å²) >= 11 is 0. The molecule has 0 bridgehead atoms. The molecule has 0 saturated carbocycles. The van der Waals surface area contributed by atoms with Crippen molar-refractivity contribution in [3.63, 3.8) is 0 Å². The number of nitrogens with zero attached hydrogens (tertiary/aromatic N) is 7. The van der Waals surface area contributed by atoms with Gasteiger partial charge in [0.05, 0.1) is 30.3 Å². The van der Waals surface area contributed by atoms with Crippen molar-refractivity contribution < 1.29 is 75.1 Å². The van der Waals surface area contributed by atoms with Crippen LogP contribution in [0.15, 0.2) is 41.7 Å². The number of guanidine groups is 2. The van der Waals surface area contributed by atoms with Gasteiger partial charge in [0, 0.05) is 44.7 Å². The lowest BCUT2D eigenvalue weighted by Gasteiger charge is -2.60. The molecule has 22 nitrogen and oxygen atoms in total. The number of alkyl halides is 6. The molecule has 4 heterocycles. The first-order chi connectivity index (χ1) is 30.5. The van der Waals surface area contributed by atoms with E-state index in [2.05, 4.69) is 30.8 Å². The van der Waals surface area contributed by atoms with E-state index in [0.29, 0.717) is 18.1 Å². The smallest absolute Gasteiger partial charge is 0.475 e. The third-order valence-electron chi connectivity index (χ3n) is 8.99. The lowest BCUT2D eigenvalue weighted by molar-refractivity contribution is -0.193. The first-order valence-corrected chi connectivity index (χ1v) is 19.9. The van der Waals surface area contributed by atoms with E-state index in [0.717, 1.165) is 31.9 Å². The zero-order valence-corrected chi connectivity index (χ0v) is 38.1. The summed E-state index contributed by atoms with van der Waals surface area (Å²) in [6, 6.07) is 7.02. The third kappa shape index (κ3) is 17.1. The number of ether oxygens (including phenoxy) is 2. The van der Waals surface area contributed by atoms with Gasteiger partial charge in [0.1, 0.15) is 22.7 Å². The molecule has 28 heteroatoms. The molecule has 374 valence electrons. The van der Waals surface area contributed by atoms with Gasteiger partial charge in [-0.3, -0.25) is 25.8 Å². The molecule has 0 aliphatic carbocycles. The molecule has 4 rings (SSSR count).